The number of nitrogens with one attached hydrogen (secondary N) is 2. The number of anilines is 1. The number of carbonyl (C=O) groups is 2. The van der Waals surface area contributed by atoms with Gasteiger partial charge in [0.2, 0.25) is 5.91 Å². The summed E-state index contributed by atoms with van der Waals surface area (Å²) in [5, 5.41) is 22.1. The number of nitrogens with zero attached hydrogens (tertiary/aromatic N) is 2. The van der Waals surface area contributed by atoms with Crippen molar-refractivity contribution in [3.8, 4) is 0 Å². The van der Waals surface area contributed by atoms with Crippen LogP contribution in [0.1, 0.15) is 51.5 Å². The molecule has 190 valence electrons. The summed E-state index contributed by atoms with van der Waals surface area (Å²) in [4.78, 5) is 26.7. The van der Waals surface area contributed by atoms with Crippen molar-refractivity contribution in [1.29, 1.82) is 5.41 Å². The van der Waals surface area contributed by atoms with E-state index in [1.54, 1.807) is 13.2 Å². The SMILES string of the molecule is CN(N)/C=C(\N)C1CC1/C(Nc1cccc(C2CCCN(C(=O)C(C)(C)C)C2)c1)=C(/C=N)C(=O)O. The van der Waals surface area contributed by atoms with Crippen LogP contribution in [0.5, 0.6) is 0 Å². The highest BCUT2D eigenvalue weighted by molar-refractivity contribution is 6.09. The van der Waals surface area contributed by atoms with E-state index in [0.717, 1.165) is 36.9 Å². The molecule has 9 heteroatoms. The lowest BCUT2D eigenvalue weighted by atomic mass is 9.87. The van der Waals surface area contributed by atoms with E-state index in [9.17, 15) is 14.7 Å². The normalized spacial score (nSPS) is 23.3. The Bertz CT molecular complexity index is 1040. The molecule has 1 aliphatic carbocycles. The molecule has 0 bridgehead atoms. The van der Waals surface area contributed by atoms with E-state index in [1.807, 2.05) is 43.9 Å². The molecule has 0 spiro atoms. The lowest BCUT2D eigenvalue weighted by Crippen LogP contribution is -2.44. The quantitative estimate of drug-likeness (QED) is 0.165. The molecule has 1 aromatic carbocycles. The summed E-state index contributed by atoms with van der Waals surface area (Å²) in [6, 6.07) is 7.89. The number of carboxylic acids is 1. The summed E-state index contributed by atoms with van der Waals surface area (Å²) >= 11 is 0. The number of amides is 1. The first-order chi connectivity index (χ1) is 16.4. The van der Waals surface area contributed by atoms with E-state index < -0.39 is 11.4 Å². The predicted molar refractivity (Wildman–Crippen MR) is 137 cm³/mol. The first-order valence-corrected chi connectivity index (χ1v) is 12.0. The molecule has 1 amide bonds. The third-order valence-electron chi connectivity index (χ3n) is 6.59. The third kappa shape index (κ3) is 6.42. The predicted octanol–water partition coefficient (Wildman–Crippen LogP) is 3.08. The number of allylic oxidation sites excluding steroid dienone is 2. The minimum absolute atomic E-state index is 0.0451. The van der Waals surface area contributed by atoms with Crippen LogP contribution in [0.3, 0.4) is 0 Å². The molecule has 1 aromatic rings. The zero-order valence-electron chi connectivity index (χ0n) is 21.0. The van der Waals surface area contributed by atoms with Crippen LogP contribution in [0.4, 0.5) is 5.69 Å². The summed E-state index contributed by atoms with van der Waals surface area (Å²) in [5.41, 5.74) is 8.56. The number of likely N-dealkylation sites (tertiary alicyclic amines) is 1. The smallest absolute Gasteiger partial charge is 0.339 e. The standard InChI is InChI=1S/C26H38N6O3/c1-26(2,3)25(35)32-10-6-8-17(14-32)16-7-5-9-18(11-16)30-23(21(13-27)24(33)34)20-12-19(20)22(28)15-31(4)29/h5,7,9,11,13,15,17,19-20,27,30H,6,8,10,12,14,28-29H2,1-4H3,(H,33,34)/b22-15-,23-21+,27-13?. The van der Waals surface area contributed by atoms with Crippen molar-refractivity contribution >= 4 is 23.8 Å². The van der Waals surface area contributed by atoms with Crippen molar-refractivity contribution in [2.45, 2.75) is 46.0 Å². The number of aliphatic carboxylic acids is 1. The van der Waals surface area contributed by atoms with Gasteiger partial charge < -0.3 is 31.5 Å². The van der Waals surface area contributed by atoms with Crippen LogP contribution in [0, 0.1) is 22.7 Å². The molecule has 2 aliphatic rings. The Morgan fingerprint density at radius 2 is 2.00 bits per heavy atom. The van der Waals surface area contributed by atoms with Crippen LogP contribution in [0.15, 0.2) is 47.4 Å². The largest absolute Gasteiger partial charge is 0.478 e. The second-order valence-electron chi connectivity index (χ2n) is 10.6. The molecule has 1 saturated carbocycles. The minimum atomic E-state index is -1.16. The number of benzene rings is 1. The number of nitrogens with two attached hydrogens (primary N) is 2. The molecule has 3 unspecified atom stereocenters. The molecule has 1 saturated heterocycles. The summed E-state index contributed by atoms with van der Waals surface area (Å²) < 4.78 is 0. The van der Waals surface area contributed by atoms with E-state index in [1.165, 1.54) is 5.01 Å². The average molecular weight is 483 g/mol. The van der Waals surface area contributed by atoms with Crippen LogP contribution < -0.4 is 16.9 Å². The highest BCUT2D eigenvalue weighted by Gasteiger charge is 2.44. The second kappa shape index (κ2) is 10.5. The van der Waals surface area contributed by atoms with Crippen molar-refractivity contribution in [3.63, 3.8) is 0 Å². The Balaban J connectivity index is 1.84. The third-order valence-corrected chi connectivity index (χ3v) is 6.59. The summed E-state index contributed by atoms with van der Waals surface area (Å²) in [5.74, 6) is 4.69. The molecule has 0 aromatic heterocycles. The van der Waals surface area contributed by atoms with E-state index >= 15 is 0 Å². The van der Waals surface area contributed by atoms with Gasteiger partial charge in [0.1, 0.15) is 0 Å². The number of hydrazine groups is 1. The summed E-state index contributed by atoms with van der Waals surface area (Å²) in [6.07, 6.45) is 5.10. The summed E-state index contributed by atoms with van der Waals surface area (Å²) in [7, 11) is 1.67. The fourth-order valence-corrected chi connectivity index (χ4v) is 4.76. The van der Waals surface area contributed by atoms with Gasteiger partial charge in [-0.05, 0) is 37.0 Å². The molecular weight excluding hydrogens is 444 g/mol. The molecule has 35 heavy (non-hydrogen) atoms. The zero-order chi connectivity index (χ0) is 25.9. The van der Waals surface area contributed by atoms with Crippen molar-refractivity contribution in [2.75, 3.05) is 25.5 Å². The van der Waals surface area contributed by atoms with Gasteiger partial charge in [-0.15, -0.1) is 0 Å². The second-order valence-corrected chi connectivity index (χ2v) is 10.6. The first kappa shape index (κ1) is 26.3. The molecule has 1 aliphatic heterocycles. The highest BCUT2D eigenvalue weighted by atomic mass is 16.4. The van der Waals surface area contributed by atoms with Gasteiger partial charge in [0.25, 0.3) is 0 Å². The van der Waals surface area contributed by atoms with E-state index in [0.29, 0.717) is 24.4 Å². The van der Waals surface area contributed by atoms with Gasteiger partial charge >= 0.3 is 5.97 Å². The van der Waals surface area contributed by atoms with Crippen molar-refractivity contribution in [2.24, 2.45) is 28.8 Å². The number of hydrogen-bond donors (Lipinski definition) is 5. The lowest BCUT2D eigenvalue weighted by Gasteiger charge is -2.36. The van der Waals surface area contributed by atoms with Gasteiger partial charge in [0.15, 0.2) is 0 Å². The fourth-order valence-electron chi connectivity index (χ4n) is 4.76. The Morgan fingerprint density at radius 3 is 2.60 bits per heavy atom. The van der Waals surface area contributed by atoms with Gasteiger partial charge in [-0.1, -0.05) is 32.9 Å². The summed E-state index contributed by atoms with van der Waals surface area (Å²) in [6.45, 7) is 7.27. The van der Waals surface area contributed by atoms with Gasteiger partial charge in [-0.25, -0.2) is 10.6 Å². The molecule has 3 atom stereocenters. The van der Waals surface area contributed by atoms with Crippen LogP contribution in [-0.2, 0) is 9.59 Å². The number of carbonyl (C=O) groups excluding carboxylic acids is 1. The highest BCUT2D eigenvalue weighted by Crippen LogP contribution is 2.48. The Labute approximate surface area is 207 Å². The van der Waals surface area contributed by atoms with Crippen LogP contribution in [0.2, 0.25) is 0 Å². The minimum Gasteiger partial charge on any atom is -0.478 e. The molecule has 7 N–H and O–H groups in total. The van der Waals surface area contributed by atoms with E-state index in [-0.39, 0.29) is 29.2 Å². The molecule has 1 heterocycles. The van der Waals surface area contributed by atoms with Gasteiger partial charge in [0.05, 0.1) is 5.57 Å². The topological polar surface area (TPSA) is 149 Å². The molecular formula is C26H38N6O3. The number of piperidine rings is 1. The molecule has 2 fully saturated rings. The zero-order valence-corrected chi connectivity index (χ0v) is 21.0. The molecule has 0 radical (unpaired) electrons. The van der Waals surface area contributed by atoms with Gasteiger partial charge in [0, 0.05) is 72.8 Å². The van der Waals surface area contributed by atoms with Crippen LogP contribution in [0.25, 0.3) is 0 Å². The Hall–Kier alpha value is -3.33. The van der Waals surface area contributed by atoms with Gasteiger partial charge in [-0.3, -0.25) is 4.79 Å². The maximum Gasteiger partial charge on any atom is 0.339 e. The average Bonchev–Trinajstić information content (AvgIpc) is 3.58. The number of hydrogen-bond acceptors (Lipinski definition) is 7. The maximum absolute atomic E-state index is 12.8. The first-order valence-electron chi connectivity index (χ1n) is 12.0. The van der Waals surface area contributed by atoms with Crippen LogP contribution in [-0.4, -0.2) is 53.2 Å². The fraction of sp³-hybridized carbons (Fsp3) is 0.500. The van der Waals surface area contributed by atoms with Crippen molar-refractivity contribution in [1.82, 2.24) is 9.91 Å². The molecule has 9 nitrogen and oxygen atoms in total. The number of rotatable bonds is 8. The van der Waals surface area contributed by atoms with Crippen molar-refractivity contribution < 1.29 is 14.7 Å². The van der Waals surface area contributed by atoms with Gasteiger partial charge in [-0.2, -0.15) is 0 Å². The Morgan fingerprint density at radius 1 is 1.29 bits per heavy atom. The number of carboxylic acid groups (broad SMARTS) is 1. The van der Waals surface area contributed by atoms with E-state index in [4.69, 9.17) is 17.0 Å². The Kier molecular flexibility index (Phi) is 7.90. The monoisotopic (exact) mass is 482 g/mol. The van der Waals surface area contributed by atoms with Crippen LogP contribution >= 0.6 is 0 Å². The van der Waals surface area contributed by atoms with E-state index in [2.05, 4.69) is 11.4 Å². The lowest BCUT2D eigenvalue weighted by molar-refractivity contribution is -0.140. The molecule has 3 rings (SSSR count). The maximum atomic E-state index is 12.8. The van der Waals surface area contributed by atoms with Crippen molar-refractivity contribution in [3.05, 3.63) is 53.0 Å².